The van der Waals surface area contributed by atoms with Crippen molar-refractivity contribution in [3.8, 4) is 0 Å². The highest BCUT2D eigenvalue weighted by Gasteiger charge is 2.24. The lowest BCUT2D eigenvalue weighted by molar-refractivity contribution is 0.552. The first kappa shape index (κ1) is 15.1. The Balaban J connectivity index is 2.46. The van der Waals surface area contributed by atoms with Crippen molar-refractivity contribution in [1.82, 2.24) is 29.0 Å². The van der Waals surface area contributed by atoms with E-state index in [1.807, 2.05) is 0 Å². The second kappa shape index (κ2) is 5.26. The minimum Gasteiger partial charge on any atom is -0.302 e. The molecule has 0 amide bonds. The Kier molecular flexibility index (Phi) is 3.78. The van der Waals surface area contributed by atoms with Crippen molar-refractivity contribution in [3.05, 3.63) is 39.2 Å². The lowest BCUT2D eigenvalue weighted by Gasteiger charge is -2.12. The van der Waals surface area contributed by atoms with E-state index >= 15 is 0 Å². The third-order valence-corrected chi connectivity index (χ3v) is 4.40. The van der Waals surface area contributed by atoms with E-state index in [4.69, 9.17) is 0 Å². The monoisotopic (exact) mass is 314 g/mol. The van der Waals surface area contributed by atoms with Gasteiger partial charge in [-0.2, -0.15) is 5.10 Å². The number of aryl methyl sites for hydroxylation is 1. The Bertz CT molecular complexity index is 864. The SMILES string of the molecule is CC(NS(=O)(=O)c1cn(C)c(=O)n(C)c1=O)c1ncn[nH]1. The highest BCUT2D eigenvalue weighted by Crippen LogP contribution is 2.10. The van der Waals surface area contributed by atoms with Crippen LogP contribution < -0.4 is 16.0 Å². The number of aromatic amines is 1. The summed E-state index contributed by atoms with van der Waals surface area (Å²) in [5.74, 6) is 0.306. The number of rotatable bonds is 4. The number of hydrogen-bond acceptors (Lipinski definition) is 6. The molecule has 0 aliphatic heterocycles. The smallest absolute Gasteiger partial charge is 0.302 e. The summed E-state index contributed by atoms with van der Waals surface area (Å²) in [5, 5.41) is 6.15. The predicted octanol–water partition coefficient (Wildman–Crippen LogP) is -1.76. The van der Waals surface area contributed by atoms with E-state index in [0.717, 1.165) is 15.3 Å². The van der Waals surface area contributed by atoms with Gasteiger partial charge in [-0.15, -0.1) is 0 Å². The molecule has 0 aliphatic rings. The largest absolute Gasteiger partial charge is 0.330 e. The minimum atomic E-state index is -4.11. The summed E-state index contributed by atoms with van der Waals surface area (Å²) < 4.78 is 28.6. The fraction of sp³-hybridized carbons (Fsp3) is 0.400. The van der Waals surface area contributed by atoms with Gasteiger partial charge in [-0.1, -0.05) is 0 Å². The van der Waals surface area contributed by atoms with Crippen LogP contribution in [0.4, 0.5) is 0 Å². The molecule has 21 heavy (non-hydrogen) atoms. The van der Waals surface area contributed by atoms with Crippen LogP contribution in [0.5, 0.6) is 0 Å². The van der Waals surface area contributed by atoms with Crippen LogP contribution in [0.25, 0.3) is 0 Å². The highest BCUT2D eigenvalue weighted by molar-refractivity contribution is 7.89. The van der Waals surface area contributed by atoms with Gasteiger partial charge in [0.05, 0.1) is 6.04 Å². The summed E-state index contributed by atoms with van der Waals surface area (Å²) in [6, 6.07) is -0.709. The van der Waals surface area contributed by atoms with E-state index in [2.05, 4.69) is 19.9 Å². The van der Waals surface area contributed by atoms with Crippen molar-refractivity contribution in [2.24, 2.45) is 14.1 Å². The molecule has 10 nitrogen and oxygen atoms in total. The van der Waals surface area contributed by atoms with Gasteiger partial charge in [-0.05, 0) is 6.92 Å². The molecule has 1 atom stereocenters. The van der Waals surface area contributed by atoms with E-state index < -0.39 is 32.2 Å². The van der Waals surface area contributed by atoms with Crippen LogP contribution in [0.15, 0.2) is 27.0 Å². The summed E-state index contributed by atoms with van der Waals surface area (Å²) in [6.45, 7) is 1.55. The van der Waals surface area contributed by atoms with Crippen molar-refractivity contribution in [1.29, 1.82) is 0 Å². The topological polar surface area (TPSA) is 132 Å². The lowest BCUT2D eigenvalue weighted by atomic mass is 10.3. The minimum absolute atomic E-state index is 0.306. The summed E-state index contributed by atoms with van der Waals surface area (Å²) in [6.07, 6.45) is 2.23. The van der Waals surface area contributed by atoms with Crippen molar-refractivity contribution in [3.63, 3.8) is 0 Å². The van der Waals surface area contributed by atoms with Crippen molar-refractivity contribution >= 4 is 10.0 Å². The van der Waals surface area contributed by atoms with Crippen molar-refractivity contribution in [2.75, 3.05) is 0 Å². The zero-order chi connectivity index (χ0) is 15.8. The number of aromatic nitrogens is 5. The average molecular weight is 314 g/mol. The second-order valence-corrected chi connectivity index (χ2v) is 6.15. The van der Waals surface area contributed by atoms with E-state index in [-0.39, 0.29) is 0 Å². The Labute approximate surface area is 119 Å². The molecule has 2 rings (SSSR count). The molecule has 0 aromatic carbocycles. The first-order valence-electron chi connectivity index (χ1n) is 5.88. The third-order valence-electron chi connectivity index (χ3n) is 2.88. The molecule has 0 radical (unpaired) electrons. The van der Waals surface area contributed by atoms with Gasteiger partial charge in [-0.25, -0.2) is 22.9 Å². The molecule has 2 heterocycles. The average Bonchev–Trinajstić information content (AvgIpc) is 2.94. The van der Waals surface area contributed by atoms with Crippen LogP contribution >= 0.6 is 0 Å². The van der Waals surface area contributed by atoms with Gasteiger partial charge in [0.1, 0.15) is 12.2 Å². The number of nitrogens with one attached hydrogen (secondary N) is 2. The molecule has 0 aliphatic carbocycles. The van der Waals surface area contributed by atoms with Crippen LogP contribution in [0.3, 0.4) is 0 Å². The highest BCUT2D eigenvalue weighted by atomic mass is 32.2. The van der Waals surface area contributed by atoms with E-state index in [0.29, 0.717) is 5.82 Å². The summed E-state index contributed by atoms with van der Waals surface area (Å²) >= 11 is 0. The summed E-state index contributed by atoms with van der Waals surface area (Å²) in [4.78, 5) is 26.8. The number of hydrogen-bond donors (Lipinski definition) is 2. The van der Waals surface area contributed by atoms with Gasteiger partial charge in [0.2, 0.25) is 10.0 Å². The molecule has 2 aromatic rings. The van der Waals surface area contributed by atoms with E-state index in [1.165, 1.54) is 20.4 Å². The molecule has 0 saturated carbocycles. The van der Waals surface area contributed by atoms with Crippen LogP contribution in [-0.4, -0.2) is 32.7 Å². The summed E-state index contributed by atoms with van der Waals surface area (Å²) in [5.41, 5.74) is -1.50. The van der Waals surface area contributed by atoms with Crippen LogP contribution in [0, 0.1) is 0 Å². The lowest BCUT2D eigenvalue weighted by Crippen LogP contribution is -2.41. The van der Waals surface area contributed by atoms with Gasteiger partial charge in [0.25, 0.3) is 5.56 Å². The molecule has 2 aromatic heterocycles. The standard InChI is InChI=1S/C10H14N6O4S/c1-6(8-11-5-12-13-8)14-21(19,20)7-4-15(2)10(18)16(3)9(7)17/h4-6,14H,1-3H3,(H,11,12,13). The molecule has 0 saturated heterocycles. The van der Waals surface area contributed by atoms with E-state index in [1.54, 1.807) is 6.92 Å². The van der Waals surface area contributed by atoms with Gasteiger partial charge in [-0.3, -0.25) is 14.5 Å². The maximum absolute atomic E-state index is 12.3. The Morgan fingerprint density at radius 1 is 1.33 bits per heavy atom. The normalized spacial score (nSPS) is 13.3. The zero-order valence-corrected chi connectivity index (χ0v) is 12.4. The molecule has 0 spiro atoms. The van der Waals surface area contributed by atoms with Gasteiger partial charge < -0.3 is 4.57 Å². The fourth-order valence-corrected chi connectivity index (χ4v) is 3.10. The van der Waals surface area contributed by atoms with Crippen molar-refractivity contribution < 1.29 is 8.42 Å². The Morgan fingerprint density at radius 3 is 2.57 bits per heavy atom. The maximum atomic E-state index is 12.3. The third kappa shape index (κ3) is 2.78. The zero-order valence-electron chi connectivity index (χ0n) is 11.6. The Morgan fingerprint density at radius 2 is 2.00 bits per heavy atom. The van der Waals surface area contributed by atoms with Gasteiger partial charge in [0.15, 0.2) is 4.90 Å². The second-order valence-electron chi connectivity index (χ2n) is 4.46. The number of sulfonamides is 1. The maximum Gasteiger partial charge on any atom is 0.330 e. The quantitative estimate of drug-likeness (QED) is 0.687. The molecule has 0 bridgehead atoms. The first-order valence-corrected chi connectivity index (χ1v) is 7.36. The first-order chi connectivity index (χ1) is 9.74. The molecule has 114 valence electrons. The van der Waals surface area contributed by atoms with E-state index in [9.17, 15) is 18.0 Å². The van der Waals surface area contributed by atoms with Crippen LogP contribution in [0.2, 0.25) is 0 Å². The fourth-order valence-electron chi connectivity index (χ4n) is 1.74. The summed E-state index contributed by atoms with van der Waals surface area (Å²) in [7, 11) is -1.54. The number of nitrogens with zero attached hydrogens (tertiary/aromatic N) is 4. The molecule has 2 N–H and O–H groups in total. The van der Waals surface area contributed by atoms with Gasteiger partial charge >= 0.3 is 5.69 Å². The molecular weight excluding hydrogens is 300 g/mol. The molecule has 11 heteroatoms. The molecule has 1 unspecified atom stereocenters. The predicted molar refractivity (Wildman–Crippen MR) is 72.0 cm³/mol. The van der Waals surface area contributed by atoms with Gasteiger partial charge in [0, 0.05) is 20.3 Å². The number of H-pyrrole nitrogens is 1. The Hall–Kier alpha value is -2.27. The van der Waals surface area contributed by atoms with Crippen molar-refractivity contribution in [2.45, 2.75) is 17.9 Å². The molecular formula is C10H14N6O4S. The van der Waals surface area contributed by atoms with Crippen LogP contribution in [-0.2, 0) is 24.1 Å². The molecule has 0 fully saturated rings. The van der Waals surface area contributed by atoms with Crippen LogP contribution in [0.1, 0.15) is 18.8 Å².